The predicted octanol–water partition coefficient (Wildman–Crippen LogP) is 2.31. The van der Waals surface area contributed by atoms with Crippen LogP contribution in [-0.4, -0.2) is 46.8 Å². The van der Waals surface area contributed by atoms with E-state index in [-0.39, 0.29) is 23.8 Å². The molecule has 0 saturated carbocycles. The fourth-order valence-electron chi connectivity index (χ4n) is 3.77. The third-order valence-electron chi connectivity index (χ3n) is 4.97. The number of rotatable bonds is 2. The Morgan fingerprint density at radius 1 is 1.21 bits per heavy atom. The molecule has 0 N–H and O–H groups in total. The molecule has 0 aliphatic carbocycles. The average molecular weight is 331 g/mol. The summed E-state index contributed by atoms with van der Waals surface area (Å²) in [5.41, 5.74) is 0. The van der Waals surface area contributed by atoms with E-state index in [1.54, 1.807) is 13.0 Å². The number of furan rings is 1. The molecule has 7 heteroatoms. The van der Waals surface area contributed by atoms with Crippen molar-refractivity contribution in [3.63, 3.8) is 0 Å². The highest BCUT2D eigenvalue weighted by molar-refractivity contribution is 5.91. The Bertz CT molecular complexity index is 738. The number of ether oxygens (including phenoxy) is 1. The van der Waals surface area contributed by atoms with E-state index < -0.39 is 0 Å². The van der Waals surface area contributed by atoms with Crippen LogP contribution in [0.15, 0.2) is 21.0 Å². The summed E-state index contributed by atoms with van der Waals surface area (Å²) in [7, 11) is 0. The monoisotopic (exact) mass is 331 g/mol. The van der Waals surface area contributed by atoms with Crippen molar-refractivity contribution >= 4 is 5.91 Å². The molecule has 0 radical (unpaired) electrons. The highest BCUT2D eigenvalue weighted by Gasteiger charge is 2.42. The standard InChI is InChI=1S/C17H21N3O4/c1-10-3-4-15(23-10)17(21)20-7-5-14-13(9-20)12(6-8-22-14)16-19-18-11(2)24-16/h3-4,12-14H,5-9H2,1-2H3/t12-,13-,14-/m1/s1. The van der Waals surface area contributed by atoms with Crippen molar-refractivity contribution < 1.29 is 18.4 Å². The molecule has 0 spiro atoms. The second-order valence-corrected chi connectivity index (χ2v) is 6.58. The van der Waals surface area contributed by atoms with Crippen molar-refractivity contribution in [2.24, 2.45) is 5.92 Å². The number of nitrogens with zero attached hydrogens (tertiary/aromatic N) is 3. The molecule has 0 unspecified atom stereocenters. The maximum Gasteiger partial charge on any atom is 0.289 e. The highest BCUT2D eigenvalue weighted by atomic mass is 16.5. The lowest BCUT2D eigenvalue weighted by Gasteiger charge is -2.43. The van der Waals surface area contributed by atoms with E-state index in [1.165, 1.54) is 0 Å². The number of aromatic nitrogens is 2. The Morgan fingerprint density at radius 2 is 2.08 bits per heavy atom. The molecule has 2 aromatic rings. The van der Waals surface area contributed by atoms with Crippen LogP contribution in [0.5, 0.6) is 0 Å². The summed E-state index contributed by atoms with van der Waals surface area (Å²) in [5.74, 6) is 2.62. The molecule has 0 aromatic carbocycles. The topological polar surface area (TPSA) is 81.6 Å². The van der Waals surface area contributed by atoms with Crippen LogP contribution < -0.4 is 0 Å². The Kier molecular flexibility index (Phi) is 3.88. The zero-order valence-electron chi connectivity index (χ0n) is 13.9. The number of carbonyl (C=O) groups is 1. The maximum absolute atomic E-state index is 12.7. The summed E-state index contributed by atoms with van der Waals surface area (Å²) in [6, 6.07) is 3.55. The van der Waals surface area contributed by atoms with Crippen molar-refractivity contribution in [3.8, 4) is 0 Å². The lowest BCUT2D eigenvalue weighted by molar-refractivity contribution is -0.0754. The Hall–Kier alpha value is -2.15. The molecular formula is C17H21N3O4. The third kappa shape index (κ3) is 2.73. The van der Waals surface area contributed by atoms with Gasteiger partial charge >= 0.3 is 0 Å². The number of aryl methyl sites for hydroxylation is 2. The van der Waals surface area contributed by atoms with E-state index in [4.69, 9.17) is 13.6 Å². The normalized spacial score (nSPS) is 27.1. The van der Waals surface area contributed by atoms with Gasteiger partial charge < -0.3 is 18.5 Å². The Balaban J connectivity index is 1.54. The molecule has 7 nitrogen and oxygen atoms in total. The van der Waals surface area contributed by atoms with Gasteiger partial charge in [0.1, 0.15) is 5.76 Å². The largest absolute Gasteiger partial charge is 0.456 e. The zero-order chi connectivity index (χ0) is 16.7. The van der Waals surface area contributed by atoms with Gasteiger partial charge in [-0.2, -0.15) is 0 Å². The van der Waals surface area contributed by atoms with Crippen molar-refractivity contribution in [2.45, 2.75) is 38.7 Å². The van der Waals surface area contributed by atoms with E-state index in [9.17, 15) is 4.79 Å². The van der Waals surface area contributed by atoms with Crippen molar-refractivity contribution in [3.05, 3.63) is 35.4 Å². The van der Waals surface area contributed by atoms with Crippen LogP contribution in [0.3, 0.4) is 0 Å². The first kappa shape index (κ1) is 15.4. The SMILES string of the molecule is Cc1ccc(C(=O)N2CC[C@H]3OCC[C@@H](c4nnc(C)o4)[C@H]3C2)o1. The van der Waals surface area contributed by atoms with Gasteiger partial charge in [0, 0.05) is 38.5 Å². The van der Waals surface area contributed by atoms with E-state index in [0.29, 0.717) is 37.2 Å². The quantitative estimate of drug-likeness (QED) is 0.840. The second kappa shape index (κ2) is 6.05. The lowest BCUT2D eigenvalue weighted by atomic mass is 9.79. The lowest BCUT2D eigenvalue weighted by Crippen LogP contribution is -2.51. The molecule has 0 bridgehead atoms. The van der Waals surface area contributed by atoms with Crippen LogP contribution in [0, 0.1) is 19.8 Å². The first-order chi connectivity index (χ1) is 11.6. The van der Waals surface area contributed by atoms with E-state index in [2.05, 4.69) is 10.2 Å². The van der Waals surface area contributed by atoms with Crippen LogP contribution in [-0.2, 0) is 4.74 Å². The fourth-order valence-corrected chi connectivity index (χ4v) is 3.77. The summed E-state index contributed by atoms with van der Waals surface area (Å²) in [4.78, 5) is 14.5. The smallest absolute Gasteiger partial charge is 0.289 e. The summed E-state index contributed by atoms with van der Waals surface area (Å²) >= 11 is 0. The van der Waals surface area contributed by atoms with Gasteiger partial charge in [-0.05, 0) is 31.9 Å². The molecule has 2 aliphatic rings. The number of piperidine rings is 1. The molecule has 2 saturated heterocycles. The Labute approximate surface area is 140 Å². The van der Waals surface area contributed by atoms with Crippen LogP contribution in [0.1, 0.15) is 46.9 Å². The minimum atomic E-state index is -0.0624. The van der Waals surface area contributed by atoms with Crippen molar-refractivity contribution in [1.29, 1.82) is 0 Å². The number of fused-ring (bicyclic) bond motifs is 1. The summed E-state index contributed by atoms with van der Waals surface area (Å²) in [6.45, 7) is 5.62. The molecule has 128 valence electrons. The van der Waals surface area contributed by atoms with Crippen molar-refractivity contribution in [1.82, 2.24) is 15.1 Å². The second-order valence-electron chi connectivity index (χ2n) is 6.58. The van der Waals surface area contributed by atoms with Gasteiger partial charge in [-0.25, -0.2) is 0 Å². The van der Waals surface area contributed by atoms with Crippen LogP contribution in [0.25, 0.3) is 0 Å². The third-order valence-corrected chi connectivity index (χ3v) is 4.97. The Morgan fingerprint density at radius 3 is 2.79 bits per heavy atom. The molecular weight excluding hydrogens is 310 g/mol. The summed E-state index contributed by atoms with van der Waals surface area (Å²) in [5, 5.41) is 8.15. The number of amides is 1. The molecule has 4 heterocycles. The fraction of sp³-hybridized carbons (Fsp3) is 0.588. The summed E-state index contributed by atoms with van der Waals surface area (Å²) < 4.78 is 17.1. The maximum atomic E-state index is 12.7. The molecule has 2 aromatic heterocycles. The van der Waals surface area contributed by atoms with Gasteiger partial charge in [0.05, 0.1) is 6.10 Å². The molecule has 1 amide bonds. The predicted molar refractivity (Wildman–Crippen MR) is 83.6 cm³/mol. The molecule has 4 rings (SSSR count). The van der Waals surface area contributed by atoms with Crippen LogP contribution >= 0.6 is 0 Å². The van der Waals surface area contributed by atoms with Crippen molar-refractivity contribution in [2.75, 3.05) is 19.7 Å². The van der Waals surface area contributed by atoms with E-state index in [0.717, 1.165) is 18.6 Å². The van der Waals surface area contributed by atoms with Gasteiger partial charge in [0.15, 0.2) is 5.76 Å². The van der Waals surface area contributed by atoms with E-state index >= 15 is 0 Å². The number of hydrogen-bond donors (Lipinski definition) is 0. The zero-order valence-corrected chi connectivity index (χ0v) is 13.9. The number of carbonyl (C=O) groups excluding carboxylic acids is 1. The first-order valence-electron chi connectivity index (χ1n) is 8.39. The molecule has 24 heavy (non-hydrogen) atoms. The van der Waals surface area contributed by atoms with Gasteiger partial charge in [-0.3, -0.25) is 4.79 Å². The van der Waals surface area contributed by atoms with Crippen LogP contribution in [0.2, 0.25) is 0 Å². The molecule has 3 atom stereocenters. The van der Waals surface area contributed by atoms with E-state index in [1.807, 2.05) is 17.9 Å². The molecule has 2 aliphatic heterocycles. The minimum absolute atomic E-state index is 0.0624. The number of hydrogen-bond acceptors (Lipinski definition) is 6. The first-order valence-corrected chi connectivity index (χ1v) is 8.39. The average Bonchev–Trinajstić information content (AvgIpc) is 3.21. The minimum Gasteiger partial charge on any atom is -0.456 e. The summed E-state index contributed by atoms with van der Waals surface area (Å²) in [6.07, 6.45) is 1.79. The van der Waals surface area contributed by atoms with Gasteiger partial charge in [-0.15, -0.1) is 10.2 Å². The number of likely N-dealkylation sites (tertiary alicyclic amines) is 1. The van der Waals surface area contributed by atoms with Gasteiger partial charge in [0.25, 0.3) is 5.91 Å². The van der Waals surface area contributed by atoms with Gasteiger partial charge in [0.2, 0.25) is 11.8 Å². The van der Waals surface area contributed by atoms with Gasteiger partial charge in [-0.1, -0.05) is 0 Å². The van der Waals surface area contributed by atoms with Crippen LogP contribution in [0.4, 0.5) is 0 Å². The highest BCUT2D eigenvalue weighted by Crippen LogP contribution is 2.39. The molecule has 2 fully saturated rings.